The first-order chi connectivity index (χ1) is 8.76. The summed E-state index contributed by atoms with van der Waals surface area (Å²) in [4.78, 5) is 11.7. The SMILES string of the molecule is CC(C)C12CC3CC(C1)C(C(C)(C)C(=O)O)C(C3)C2. The monoisotopic (exact) mass is 264 g/mol. The molecule has 0 aliphatic heterocycles. The van der Waals surface area contributed by atoms with Gasteiger partial charge in [-0.1, -0.05) is 13.8 Å². The Morgan fingerprint density at radius 3 is 2.11 bits per heavy atom. The zero-order chi connectivity index (χ0) is 14.0. The highest BCUT2D eigenvalue weighted by Gasteiger charge is 2.60. The molecule has 1 N–H and O–H groups in total. The molecule has 0 aromatic carbocycles. The maximum Gasteiger partial charge on any atom is 0.309 e. The third-order valence-electron chi connectivity index (χ3n) is 6.93. The van der Waals surface area contributed by atoms with E-state index in [0.717, 1.165) is 11.8 Å². The summed E-state index contributed by atoms with van der Waals surface area (Å²) in [6.07, 6.45) is 6.59. The molecule has 0 amide bonds. The Morgan fingerprint density at radius 2 is 1.68 bits per heavy atom. The van der Waals surface area contributed by atoms with Crippen molar-refractivity contribution in [1.29, 1.82) is 0 Å². The van der Waals surface area contributed by atoms with Gasteiger partial charge in [0.05, 0.1) is 5.41 Å². The minimum Gasteiger partial charge on any atom is -0.481 e. The van der Waals surface area contributed by atoms with Gasteiger partial charge in [-0.3, -0.25) is 4.79 Å². The van der Waals surface area contributed by atoms with Crippen LogP contribution < -0.4 is 0 Å². The zero-order valence-corrected chi connectivity index (χ0v) is 12.8. The summed E-state index contributed by atoms with van der Waals surface area (Å²) in [6.45, 7) is 8.68. The third kappa shape index (κ3) is 1.78. The van der Waals surface area contributed by atoms with E-state index in [0.29, 0.717) is 23.2 Å². The van der Waals surface area contributed by atoms with Crippen LogP contribution in [0, 0.1) is 40.4 Å². The molecule has 0 radical (unpaired) electrons. The van der Waals surface area contributed by atoms with E-state index in [1.54, 1.807) is 0 Å². The lowest BCUT2D eigenvalue weighted by Crippen LogP contribution is -2.57. The molecule has 0 saturated heterocycles. The average molecular weight is 264 g/mol. The summed E-state index contributed by atoms with van der Waals surface area (Å²) in [5, 5.41) is 9.60. The zero-order valence-electron chi connectivity index (χ0n) is 12.8. The molecule has 2 atom stereocenters. The van der Waals surface area contributed by atoms with Crippen molar-refractivity contribution in [2.24, 2.45) is 40.4 Å². The Kier molecular flexibility index (Phi) is 2.82. The van der Waals surface area contributed by atoms with Gasteiger partial charge in [-0.05, 0) is 81.0 Å². The van der Waals surface area contributed by atoms with Gasteiger partial charge in [0.25, 0.3) is 0 Å². The van der Waals surface area contributed by atoms with E-state index >= 15 is 0 Å². The van der Waals surface area contributed by atoms with Crippen LogP contribution in [-0.4, -0.2) is 11.1 Å². The van der Waals surface area contributed by atoms with Crippen molar-refractivity contribution >= 4 is 5.97 Å². The molecule has 2 unspecified atom stereocenters. The lowest BCUT2D eigenvalue weighted by molar-refractivity contribution is -0.175. The highest BCUT2D eigenvalue weighted by molar-refractivity contribution is 5.74. The summed E-state index contributed by atoms with van der Waals surface area (Å²) in [7, 11) is 0. The molecule has 0 spiro atoms. The van der Waals surface area contributed by atoms with E-state index in [2.05, 4.69) is 13.8 Å². The quantitative estimate of drug-likeness (QED) is 0.829. The minimum atomic E-state index is -0.594. The number of hydrogen-bond donors (Lipinski definition) is 1. The molecule has 4 aliphatic rings. The van der Waals surface area contributed by atoms with Crippen molar-refractivity contribution in [3.8, 4) is 0 Å². The summed E-state index contributed by atoms with van der Waals surface area (Å²) in [6, 6.07) is 0. The van der Waals surface area contributed by atoms with Crippen molar-refractivity contribution in [1.82, 2.24) is 0 Å². The van der Waals surface area contributed by atoms with Gasteiger partial charge in [-0.25, -0.2) is 0 Å². The van der Waals surface area contributed by atoms with Crippen LogP contribution >= 0.6 is 0 Å². The minimum absolute atomic E-state index is 0.411. The van der Waals surface area contributed by atoms with E-state index in [-0.39, 0.29) is 0 Å². The summed E-state index contributed by atoms with van der Waals surface area (Å²) < 4.78 is 0. The van der Waals surface area contributed by atoms with E-state index in [1.807, 2.05) is 13.8 Å². The van der Waals surface area contributed by atoms with E-state index in [4.69, 9.17) is 0 Å². The van der Waals surface area contributed by atoms with Crippen LogP contribution in [0.3, 0.4) is 0 Å². The van der Waals surface area contributed by atoms with Gasteiger partial charge in [0.15, 0.2) is 0 Å². The van der Waals surface area contributed by atoms with Crippen LogP contribution in [0.5, 0.6) is 0 Å². The number of hydrogen-bond acceptors (Lipinski definition) is 1. The molecule has 4 fully saturated rings. The molecule has 4 aliphatic carbocycles. The standard InChI is InChI=1S/C17H28O2/c1-10(2)17-7-11-5-12(8-17)14(13(6-11)9-17)16(3,4)15(18)19/h10-14H,5-9H2,1-4H3,(H,18,19). The van der Waals surface area contributed by atoms with E-state index < -0.39 is 11.4 Å². The highest BCUT2D eigenvalue weighted by Crippen LogP contribution is 2.67. The Bertz CT molecular complexity index is 380. The maximum atomic E-state index is 11.7. The number of carbonyl (C=O) groups is 1. The van der Waals surface area contributed by atoms with Crippen LogP contribution in [-0.2, 0) is 4.79 Å². The number of aliphatic carboxylic acids is 1. The lowest BCUT2D eigenvalue weighted by atomic mass is 9.41. The van der Waals surface area contributed by atoms with E-state index in [1.165, 1.54) is 32.1 Å². The molecule has 19 heavy (non-hydrogen) atoms. The van der Waals surface area contributed by atoms with Gasteiger partial charge in [0, 0.05) is 0 Å². The third-order valence-corrected chi connectivity index (χ3v) is 6.93. The molecule has 2 heteroatoms. The Balaban J connectivity index is 1.92. The number of carboxylic acid groups (broad SMARTS) is 1. The summed E-state index contributed by atoms with van der Waals surface area (Å²) >= 11 is 0. The van der Waals surface area contributed by atoms with Crippen molar-refractivity contribution in [2.45, 2.75) is 59.8 Å². The van der Waals surface area contributed by atoms with Crippen molar-refractivity contribution in [3.05, 3.63) is 0 Å². The first kappa shape index (κ1) is 13.5. The molecule has 0 aromatic heterocycles. The molecule has 4 saturated carbocycles. The first-order valence-electron chi connectivity index (χ1n) is 7.99. The van der Waals surface area contributed by atoms with Gasteiger partial charge in [-0.15, -0.1) is 0 Å². The van der Waals surface area contributed by atoms with Gasteiger partial charge in [0.2, 0.25) is 0 Å². The van der Waals surface area contributed by atoms with Crippen molar-refractivity contribution in [2.75, 3.05) is 0 Å². The fourth-order valence-electron chi connectivity index (χ4n) is 6.12. The smallest absolute Gasteiger partial charge is 0.309 e. The van der Waals surface area contributed by atoms with Crippen LogP contribution in [0.2, 0.25) is 0 Å². The molecule has 4 bridgehead atoms. The van der Waals surface area contributed by atoms with Gasteiger partial charge >= 0.3 is 5.97 Å². The molecule has 108 valence electrons. The van der Waals surface area contributed by atoms with Crippen LogP contribution in [0.25, 0.3) is 0 Å². The second kappa shape index (κ2) is 3.99. The Morgan fingerprint density at radius 1 is 1.16 bits per heavy atom. The average Bonchev–Trinajstić information content (AvgIpc) is 2.26. The first-order valence-corrected chi connectivity index (χ1v) is 7.99. The van der Waals surface area contributed by atoms with E-state index in [9.17, 15) is 9.90 Å². The highest BCUT2D eigenvalue weighted by atomic mass is 16.4. The molecule has 2 nitrogen and oxygen atoms in total. The van der Waals surface area contributed by atoms with Gasteiger partial charge in [0.1, 0.15) is 0 Å². The maximum absolute atomic E-state index is 11.7. The van der Waals surface area contributed by atoms with Gasteiger partial charge < -0.3 is 5.11 Å². The topological polar surface area (TPSA) is 37.3 Å². The molecule has 4 rings (SSSR count). The second-order valence-corrected chi connectivity index (χ2v) is 8.54. The fraction of sp³-hybridized carbons (Fsp3) is 0.941. The van der Waals surface area contributed by atoms with Gasteiger partial charge in [-0.2, -0.15) is 0 Å². The Hall–Kier alpha value is -0.530. The molecular formula is C17H28O2. The lowest BCUT2D eigenvalue weighted by Gasteiger charge is -2.64. The van der Waals surface area contributed by atoms with Crippen molar-refractivity contribution < 1.29 is 9.90 Å². The Labute approximate surface area is 117 Å². The van der Waals surface area contributed by atoms with Crippen molar-refractivity contribution in [3.63, 3.8) is 0 Å². The van der Waals surface area contributed by atoms with Crippen LogP contribution in [0.4, 0.5) is 0 Å². The molecule has 0 heterocycles. The molecule has 0 aromatic rings. The predicted molar refractivity (Wildman–Crippen MR) is 75.7 cm³/mol. The number of carboxylic acids is 1. The number of rotatable bonds is 3. The largest absolute Gasteiger partial charge is 0.481 e. The fourth-order valence-corrected chi connectivity index (χ4v) is 6.12. The normalized spacial score (nSPS) is 44.9. The molecular weight excluding hydrogens is 236 g/mol. The second-order valence-electron chi connectivity index (χ2n) is 8.54. The predicted octanol–water partition coefficient (Wildman–Crippen LogP) is 4.20. The summed E-state index contributed by atoms with van der Waals surface area (Å²) in [5.41, 5.74) is 0.00235. The summed E-state index contributed by atoms with van der Waals surface area (Å²) in [5.74, 6) is 2.80. The van der Waals surface area contributed by atoms with Crippen LogP contribution in [0.15, 0.2) is 0 Å². The van der Waals surface area contributed by atoms with Crippen LogP contribution in [0.1, 0.15) is 59.8 Å².